The Bertz CT molecular complexity index is 2360. The molecule has 0 atom stereocenters. The first-order valence-corrected chi connectivity index (χ1v) is 18.1. The predicted molar refractivity (Wildman–Crippen MR) is 216 cm³/mol. The number of likely N-dealkylation sites (N-methyl/N-ethyl adjacent to an activating group) is 2. The lowest BCUT2D eigenvalue weighted by Gasteiger charge is -2.17. The van der Waals surface area contributed by atoms with Crippen molar-refractivity contribution in [3.63, 3.8) is 0 Å². The molecule has 0 saturated heterocycles. The molecule has 2 aromatic heterocycles. The highest BCUT2D eigenvalue weighted by Crippen LogP contribution is 2.35. The highest BCUT2D eigenvalue weighted by molar-refractivity contribution is 6.30. The van der Waals surface area contributed by atoms with Crippen LogP contribution < -0.4 is 19.3 Å². The van der Waals surface area contributed by atoms with Gasteiger partial charge in [-0.15, -0.1) is 0 Å². The van der Waals surface area contributed by atoms with Gasteiger partial charge in [-0.3, -0.25) is 40.1 Å². The van der Waals surface area contributed by atoms with E-state index in [4.69, 9.17) is 9.47 Å². The van der Waals surface area contributed by atoms with Crippen molar-refractivity contribution in [3.05, 3.63) is 186 Å². The summed E-state index contributed by atoms with van der Waals surface area (Å²) in [7, 11) is 3.04. The summed E-state index contributed by atoms with van der Waals surface area (Å²) in [6, 6.07) is 41.1. The second-order valence-corrected chi connectivity index (χ2v) is 13.1. The third-order valence-electron chi connectivity index (χ3n) is 9.35. The highest BCUT2D eigenvalue weighted by atomic mass is 16.5. The number of hydrogen-bond acceptors (Lipinski definition) is 10. The van der Waals surface area contributed by atoms with Gasteiger partial charge in [-0.05, 0) is 77.4 Å². The maximum atomic E-state index is 13.1. The van der Waals surface area contributed by atoms with Gasteiger partial charge < -0.3 is 19.3 Å². The smallest absolute Gasteiger partial charge is 0.261 e. The second kappa shape index (κ2) is 17.5. The van der Waals surface area contributed by atoms with E-state index in [1.165, 1.54) is 14.1 Å². The monoisotopic (exact) mass is 760 g/mol. The van der Waals surface area contributed by atoms with Crippen molar-refractivity contribution >= 4 is 34.3 Å². The van der Waals surface area contributed by atoms with Gasteiger partial charge >= 0.3 is 0 Å². The van der Waals surface area contributed by atoms with Crippen molar-refractivity contribution in [2.75, 3.05) is 37.0 Å². The minimum absolute atomic E-state index is 0.162. The largest absolute Gasteiger partial charge is 0.489 e. The summed E-state index contributed by atoms with van der Waals surface area (Å²) in [5, 5.41) is 22.2. The summed E-state index contributed by atoms with van der Waals surface area (Å²) in [6.07, 6.45) is 6.56. The number of para-hydroxylation sites is 1. The molecule has 286 valence electrons. The summed E-state index contributed by atoms with van der Waals surface area (Å²) in [6.45, 7) is 1.05. The SMILES string of the molecule is CN(O)C1=C(c2ccc(OCc3ccccc3)cc2)C(=O)N(c2ccncc2)C1.CN(O)C1=C(c2ccc(Oc3ccccc3)cc2)C(=O)N(c2ccncc2)C1. The molecule has 2 aliphatic rings. The third kappa shape index (κ3) is 8.83. The van der Waals surface area contributed by atoms with Gasteiger partial charge in [-0.1, -0.05) is 72.8 Å². The van der Waals surface area contributed by atoms with Crippen LogP contribution in [-0.2, 0) is 16.2 Å². The van der Waals surface area contributed by atoms with E-state index in [0.717, 1.165) is 43.9 Å². The Balaban J connectivity index is 0.000000174. The van der Waals surface area contributed by atoms with Crippen LogP contribution in [0, 0.1) is 0 Å². The molecule has 6 aromatic rings. The van der Waals surface area contributed by atoms with E-state index in [-0.39, 0.29) is 24.9 Å². The first kappa shape index (κ1) is 38.0. The Morgan fingerprint density at radius 2 is 0.947 bits per heavy atom. The van der Waals surface area contributed by atoms with E-state index in [0.29, 0.717) is 40.6 Å². The number of hydrogen-bond donors (Lipinski definition) is 2. The maximum Gasteiger partial charge on any atom is 0.261 e. The van der Waals surface area contributed by atoms with Crippen molar-refractivity contribution in [1.82, 2.24) is 20.1 Å². The summed E-state index contributed by atoms with van der Waals surface area (Å²) in [5.41, 5.74) is 6.04. The molecule has 0 unspecified atom stereocenters. The lowest BCUT2D eigenvalue weighted by atomic mass is 10.0. The quantitative estimate of drug-likeness (QED) is 0.127. The van der Waals surface area contributed by atoms with Gasteiger partial charge in [-0.25, -0.2) is 0 Å². The van der Waals surface area contributed by atoms with Crippen LogP contribution >= 0.6 is 0 Å². The highest BCUT2D eigenvalue weighted by Gasteiger charge is 2.35. The molecule has 57 heavy (non-hydrogen) atoms. The molecular formula is C45H40N6O6. The van der Waals surface area contributed by atoms with Crippen LogP contribution in [-0.4, -0.2) is 69.5 Å². The van der Waals surface area contributed by atoms with Crippen LogP contribution in [0.5, 0.6) is 17.2 Å². The molecule has 0 aliphatic carbocycles. The molecule has 8 rings (SSSR count). The van der Waals surface area contributed by atoms with Crippen molar-refractivity contribution in [2.24, 2.45) is 0 Å². The molecule has 0 spiro atoms. The number of aromatic nitrogens is 2. The number of anilines is 2. The van der Waals surface area contributed by atoms with E-state index in [9.17, 15) is 20.0 Å². The second-order valence-electron chi connectivity index (χ2n) is 13.1. The predicted octanol–water partition coefficient (Wildman–Crippen LogP) is 7.69. The Hall–Kier alpha value is -7.28. The van der Waals surface area contributed by atoms with Crippen molar-refractivity contribution in [3.8, 4) is 17.2 Å². The van der Waals surface area contributed by atoms with Crippen molar-refractivity contribution in [1.29, 1.82) is 0 Å². The number of nitrogens with zero attached hydrogens (tertiary/aromatic N) is 6. The van der Waals surface area contributed by atoms with Crippen molar-refractivity contribution in [2.45, 2.75) is 6.61 Å². The van der Waals surface area contributed by atoms with Crippen LogP contribution in [0.25, 0.3) is 11.1 Å². The van der Waals surface area contributed by atoms with Crippen molar-refractivity contribution < 1.29 is 29.5 Å². The number of hydroxylamine groups is 4. The van der Waals surface area contributed by atoms with E-state index in [2.05, 4.69) is 9.97 Å². The van der Waals surface area contributed by atoms with E-state index in [1.807, 2.05) is 109 Å². The number of carbonyl (C=O) groups is 2. The lowest BCUT2D eigenvalue weighted by molar-refractivity contribution is -0.113. The Morgan fingerprint density at radius 1 is 0.544 bits per heavy atom. The minimum atomic E-state index is -0.168. The van der Waals surface area contributed by atoms with E-state index in [1.54, 1.807) is 58.9 Å². The zero-order chi connectivity index (χ0) is 39.7. The molecular weight excluding hydrogens is 721 g/mol. The summed E-state index contributed by atoms with van der Waals surface area (Å²) < 4.78 is 11.6. The molecule has 0 fully saturated rings. The molecule has 2 N–H and O–H groups in total. The normalized spacial score (nSPS) is 13.8. The van der Waals surface area contributed by atoms with Gasteiger partial charge in [0.25, 0.3) is 11.8 Å². The Kier molecular flexibility index (Phi) is 11.6. The third-order valence-corrected chi connectivity index (χ3v) is 9.35. The first-order valence-electron chi connectivity index (χ1n) is 18.1. The van der Waals surface area contributed by atoms with Gasteiger partial charge in [0.15, 0.2) is 0 Å². The Labute approximate surface area is 330 Å². The molecule has 4 heterocycles. The van der Waals surface area contributed by atoms with Gasteiger partial charge in [0.2, 0.25) is 0 Å². The number of rotatable bonds is 11. The van der Waals surface area contributed by atoms with Crippen LogP contribution in [0.15, 0.2) is 170 Å². The van der Waals surface area contributed by atoms with Crippen LogP contribution in [0.1, 0.15) is 16.7 Å². The van der Waals surface area contributed by atoms with Gasteiger partial charge in [0.1, 0.15) is 23.9 Å². The summed E-state index contributed by atoms with van der Waals surface area (Å²) >= 11 is 0. The number of ether oxygens (including phenoxy) is 2. The minimum Gasteiger partial charge on any atom is -0.489 e. The van der Waals surface area contributed by atoms with Crippen LogP contribution in [0.3, 0.4) is 0 Å². The van der Waals surface area contributed by atoms with Crippen LogP contribution in [0.4, 0.5) is 11.4 Å². The van der Waals surface area contributed by atoms with Gasteiger partial charge in [0, 0.05) is 50.3 Å². The standard InChI is InChI=1S/C23H21N3O3.C22H19N3O3/c1-25(28)21-15-26(19-11-13-24-14-12-19)23(27)22(21)18-7-9-20(10-8-18)29-16-17-5-3-2-4-6-17;1-24(27)20-15-25(17-11-13-23-14-12-17)22(26)21(20)16-7-9-19(10-8-16)28-18-5-3-2-4-6-18/h2-14,28H,15-16H2,1H3;2-14,27H,15H2,1H3. The topological polar surface area (TPSA) is 132 Å². The number of amides is 2. The summed E-state index contributed by atoms with van der Waals surface area (Å²) in [5.74, 6) is 1.80. The average Bonchev–Trinajstić information content (AvgIpc) is 3.79. The Morgan fingerprint density at radius 3 is 1.39 bits per heavy atom. The molecule has 2 aliphatic heterocycles. The maximum absolute atomic E-state index is 13.1. The fourth-order valence-electron chi connectivity index (χ4n) is 6.46. The number of benzene rings is 4. The molecule has 12 heteroatoms. The number of pyridine rings is 2. The molecule has 0 bridgehead atoms. The number of carbonyl (C=O) groups excluding carboxylic acids is 2. The molecule has 12 nitrogen and oxygen atoms in total. The van der Waals surface area contributed by atoms with Gasteiger partial charge in [-0.2, -0.15) is 0 Å². The molecule has 0 radical (unpaired) electrons. The molecule has 2 amide bonds. The fraction of sp³-hybridized carbons (Fsp3) is 0.111. The zero-order valence-electron chi connectivity index (χ0n) is 31.3. The molecule has 4 aromatic carbocycles. The summed E-state index contributed by atoms with van der Waals surface area (Å²) in [4.78, 5) is 37.4. The average molecular weight is 761 g/mol. The fourth-order valence-corrected chi connectivity index (χ4v) is 6.46. The van der Waals surface area contributed by atoms with Gasteiger partial charge in [0.05, 0.1) is 35.6 Å². The molecule has 0 saturated carbocycles. The lowest BCUT2D eigenvalue weighted by Crippen LogP contribution is -2.27. The van der Waals surface area contributed by atoms with E-state index >= 15 is 0 Å². The van der Waals surface area contributed by atoms with E-state index < -0.39 is 0 Å². The van der Waals surface area contributed by atoms with Crippen LogP contribution in [0.2, 0.25) is 0 Å². The zero-order valence-corrected chi connectivity index (χ0v) is 31.3. The first-order chi connectivity index (χ1) is 27.8.